The molecule has 2 saturated heterocycles. The predicted octanol–water partition coefficient (Wildman–Crippen LogP) is 3.80. The molecule has 1 N–H and O–H groups in total. The third-order valence-corrected chi connectivity index (χ3v) is 7.34. The van der Waals surface area contributed by atoms with Crippen LogP contribution in [0.2, 0.25) is 0 Å². The lowest BCUT2D eigenvalue weighted by Gasteiger charge is -2.43. The number of aromatic nitrogens is 2. The number of rotatable bonds is 6. The van der Waals surface area contributed by atoms with E-state index in [1.54, 1.807) is 6.07 Å². The average Bonchev–Trinajstić information content (AvgIpc) is 3.52. The highest BCUT2D eigenvalue weighted by Crippen LogP contribution is 2.42. The molecule has 5 nitrogen and oxygen atoms in total. The van der Waals surface area contributed by atoms with Crippen LogP contribution in [0.4, 0.5) is 0 Å². The molecule has 30 heavy (non-hydrogen) atoms. The number of hydrogen-bond donors (Lipinski definition) is 1. The zero-order chi connectivity index (χ0) is 20.9. The standard InChI is InChI=1S/C25H33N3O2/c1-17(2)19-5-3-18(4-6-19)15-27-21-9-10-22(27)14-25(30,13-21)16-28-24(29)12-11-23(26-28)20-7-8-20/h3-6,11-12,17,20-22,30H,7-10,13-16H2,1-2H3. The van der Waals surface area contributed by atoms with Gasteiger partial charge in [0.05, 0.1) is 17.8 Å². The Bertz CT molecular complexity index is 947. The number of aliphatic hydroxyl groups is 1. The molecule has 1 aromatic carbocycles. The quantitative estimate of drug-likeness (QED) is 0.791. The number of nitrogens with zero attached hydrogens (tertiary/aromatic N) is 3. The Kier molecular flexibility index (Phi) is 5.06. The van der Waals surface area contributed by atoms with Crippen LogP contribution in [0, 0.1) is 0 Å². The van der Waals surface area contributed by atoms with Crippen molar-refractivity contribution in [2.45, 2.75) is 95.0 Å². The number of benzene rings is 1. The lowest BCUT2D eigenvalue weighted by Crippen LogP contribution is -2.53. The first kappa shape index (κ1) is 20.0. The van der Waals surface area contributed by atoms with E-state index >= 15 is 0 Å². The summed E-state index contributed by atoms with van der Waals surface area (Å²) in [6.07, 6.45) is 6.01. The van der Waals surface area contributed by atoms with Crippen molar-refractivity contribution >= 4 is 0 Å². The van der Waals surface area contributed by atoms with Crippen LogP contribution in [0.15, 0.2) is 41.2 Å². The zero-order valence-corrected chi connectivity index (χ0v) is 18.1. The third-order valence-electron chi connectivity index (χ3n) is 7.34. The SMILES string of the molecule is CC(C)c1ccc(CN2C3CCC2CC(O)(Cn2nc(C4CC4)ccc2=O)C3)cc1. The van der Waals surface area contributed by atoms with Gasteiger partial charge in [0.15, 0.2) is 0 Å². The lowest BCUT2D eigenvalue weighted by molar-refractivity contribution is -0.0678. The summed E-state index contributed by atoms with van der Waals surface area (Å²) in [5, 5.41) is 16.0. The summed E-state index contributed by atoms with van der Waals surface area (Å²) in [4.78, 5) is 14.9. The van der Waals surface area contributed by atoms with Gasteiger partial charge in [-0.3, -0.25) is 9.69 Å². The van der Waals surface area contributed by atoms with Gasteiger partial charge in [-0.25, -0.2) is 4.68 Å². The fourth-order valence-corrected chi connectivity index (χ4v) is 5.47. The Hall–Kier alpha value is -1.98. The van der Waals surface area contributed by atoms with Crippen molar-refractivity contribution in [2.24, 2.45) is 0 Å². The van der Waals surface area contributed by atoms with Gasteiger partial charge in [0.2, 0.25) is 0 Å². The summed E-state index contributed by atoms with van der Waals surface area (Å²) in [5.41, 5.74) is 2.78. The average molecular weight is 408 g/mol. The summed E-state index contributed by atoms with van der Waals surface area (Å²) >= 11 is 0. The maximum atomic E-state index is 12.4. The lowest BCUT2D eigenvalue weighted by atomic mass is 9.85. The normalized spacial score (nSPS) is 28.9. The number of hydrogen-bond acceptors (Lipinski definition) is 4. The van der Waals surface area contributed by atoms with Gasteiger partial charge in [0, 0.05) is 30.6 Å². The van der Waals surface area contributed by atoms with E-state index in [1.165, 1.54) is 15.8 Å². The largest absolute Gasteiger partial charge is 0.388 e. The van der Waals surface area contributed by atoms with Crippen LogP contribution in [0.5, 0.6) is 0 Å². The first-order chi connectivity index (χ1) is 14.4. The first-order valence-corrected chi connectivity index (χ1v) is 11.6. The van der Waals surface area contributed by atoms with E-state index < -0.39 is 5.60 Å². The van der Waals surface area contributed by atoms with Crippen LogP contribution < -0.4 is 5.56 Å². The first-order valence-electron chi connectivity index (χ1n) is 11.6. The second kappa shape index (κ2) is 7.61. The van der Waals surface area contributed by atoms with Crippen LogP contribution in [0.1, 0.15) is 81.0 Å². The van der Waals surface area contributed by atoms with Crippen LogP contribution in [-0.4, -0.2) is 37.5 Å². The molecule has 0 spiro atoms. The molecule has 3 fully saturated rings. The molecule has 2 aromatic rings. The minimum absolute atomic E-state index is 0.104. The Labute approximate surface area is 178 Å². The highest BCUT2D eigenvalue weighted by atomic mass is 16.3. The van der Waals surface area contributed by atoms with E-state index in [1.807, 2.05) is 6.07 Å². The Morgan fingerprint density at radius 1 is 1.03 bits per heavy atom. The molecule has 1 aliphatic carbocycles. The smallest absolute Gasteiger partial charge is 0.266 e. The maximum absolute atomic E-state index is 12.4. The molecule has 5 rings (SSSR count). The van der Waals surface area contributed by atoms with Gasteiger partial charge < -0.3 is 5.11 Å². The van der Waals surface area contributed by atoms with Crippen molar-refractivity contribution in [1.29, 1.82) is 0 Å². The molecule has 2 atom stereocenters. The van der Waals surface area contributed by atoms with Gasteiger partial charge in [-0.15, -0.1) is 0 Å². The van der Waals surface area contributed by atoms with Crippen molar-refractivity contribution in [1.82, 2.24) is 14.7 Å². The minimum atomic E-state index is -0.844. The molecule has 160 valence electrons. The van der Waals surface area contributed by atoms with Crippen molar-refractivity contribution in [3.63, 3.8) is 0 Å². The topological polar surface area (TPSA) is 58.4 Å². The van der Waals surface area contributed by atoms with E-state index in [0.29, 0.717) is 30.5 Å². The highest BCUT2D eigenvalue weighted by Gasteiger charge is 2.47. The molecule has 0 radical (unpaired) electrons. The van der Waals surface area contributed by atoms with Crippen molar-refractivity contribution in [3.8, 4) is 0 Å². The van der Waals surface area contributed by atoms with Gasteiger partial charge in [0.1, 0.15) is 0 Å². The van der Waals surface area contributed by atoms with Gasteiger partial charge >= 0.3 is 0 Å². The van der Waals surface area contributed by atoms with Crippen LogP contribution >= 0.6 is 0 Å². The molecule has 5 heteroatoms. The molecule has 2 bridgehead atoms. The van der Waals surface area contributed by atoms with E-state index in [4.69, 9.17) is 0 Å². The van der Waals surface area contributed by atoms with E-state index in [-0.39, 0.29) is 5.56 Å². The maximum Gasteiger partial charge on any atom is 0.266 e. The zero-order valence-electron chi connectivity index (χ0n) is 18.1. The van der Waals surface area contributed by atoms with Crippen molar-refractivity contribution in [3.05, 3.63) is 63.6 Å². The fraction of sp³-hybridized carbons (Fsp3) is 0.600. The molecule has 2 aliphatic heterocycles. The van der Waals surface area contributed by atoms with E-state index in [9.17, 15) is 9.90 Å². The van der Waals surface area contributed by atoms with Crippen LogP contribution in [0.3, 0.4) is 0 Å². The molecular weight excluding hydrogens is 374 g/mol. The summed E-state index contributed by atoms with van der Waals surface area (Å²) in [6, 6.07) is 13.2. The van der Waals surface area contributed by atoms with Gasteiger partial charge in [-0.05, 0) is 61.6 Å². The summed E-state index contributed by atoms with van der Waals surface area (Å²) in [7, 11) is 0. The van der Waals surface area contributed by atoms with E-state index in [2.05, 4.69) is 48.1 Å². The van der Waals surface area contributed by atoms with Gasteiger partial charge in [-0.1, -0.05) is 38.1 Å². The molecule has 2 unspecified atom stereocenters. The Morgan fingerprint density at radius 2 is 1.70 bits per heavy atom. The third kappa shape index (κ3) is 3.97. The molecule has 1 saturated carbocycles. The second-order valence-corrected chi connectivity index (χ2v) is 10.1. The minimum Gasteiger partial charge on any atom is -0.388 e. The Morgan fingerprint density at radius 3 is 2.30 bits per heavy atom. The number of piperidine rings is 1. The second-order valence-electron chi connectivity index (χ2n) is 10.1. The monoisotopic (exact) mass is 407 g/mol. The van der Waals surface area contributed by atoms with Gasteiger partial charge in [-0.2, -0.15) is 5.10 Å². The van der Waals surface area contributed by atoms with Crippen LogP contribution in [-0.2, 0) is 13.1 Å². The fourth-order valence-electron chi connectivity index (χ4n) is 5.47. The molecule has 0 amide bonds. The summed E-state index contributed by atoms with van der Waals surface area (Å²) in [6.45, 7) is 5.71. The molecule has 3 heterocycles. The predicted molar refractivity (Wildman–Crippen MR) is 118 cm³/mol. The summed E-state index contributed by atoms with van der Waals surface area (Å²) in [5.74, 6) is 1.06. The molecular formula is C25H33N3O2. The highest BCUT2D eigenvalue weighted by molar-refractivity contribution is 5.25. The number of fused-ring (bicyclic) bond motifs is 2. The molecule has 3 aliphatic rings. The molecule has 1 aromatic heterocycles. The van der Waals surface area contributed by atoms with E-state index in [0.717, 1.165) is 50.8 Å². The Balaban J connectivity index is 1.29. The van der Waals surface area contributed by atoms with Crippen molar-refractivity contribution in [2.75, 3.05) is 0 Å². The van der Waals surface area contributed by atoms with Crippen LogP contribution in [0.25, 0.3) is 0 Å². The van der Waals surface area contributed by atoms with Crippen molar-refractivity contribution < 1.29 is 5.11 Å². The van der Waals surface area contributed by atoms with Gasteiger partial charge in [0.25, 0.3) is 5.56 Å². The summed E-state index contributed by atoms with van der Waals surface area (Å²) < 4.78 is 1.52.